The highest BCUT2D eigenvalue weighted by atomic mass is 16.5. The second kappa shape index (κ2) is 8.26. The summed E-state index contributed by atoms with van der Waals surface area (Å²) in [4.78, 5) is 18.5. The van der Waals surface area contributed by atoms with E-state index in [1.807, 2.05) is 24.3 Å². The van der Waals surface area contributed by atoms with Gasteiger partial charge in [-0.1, -0.05) is 0 Å². The monoisotopic (exact) mass is 383 g/mol. The molecule has 1 amide bonds. The van der Waals surface area contributed by atoms with Crippen LogP contribution in [0.4, 0.5) is 5.69 Å². The maximum atomic E-state index is 12.4. The van der Waals surface area contributed by atoms with E-state index in [-0.39, 0.29) is 12.5 Å². The fourth-order valence-corrected chi connectivity index (χ4v) is 3.93. The van der Waals surface area contributed by atoms with E-state index >= 15 is 0 Å². The molecule has 7 nitrogen and oxygen atoms in total. The third-order valence-electron chi connectivity index (χ3n) is 5.33. The number of aromatic nitrogens is 1. The van der Waals surface area contributed by atoms with Crippen LogP contribution in [0.5, 0.6) is 11.5 Å². The van der Waals surface area contributed by atoms with Crippen LogP contribution >= 0.6 is 0 Å². The third-order valence-corrected chi connectivity index (χ3v) is 5.33. The lowest BCUT2D eigenvalue weighted by Gasteiger charge is -2.42. The minimum Gasteiger partial charge on any atom is -0.456 e. The SMILES string of the molecule is O=C(CN1CC[C@H](O)[C@]2(CCCO2)C1)Nc1ccc(Oc2cccnc2)cc1. The Balaban J connectivity index is 1.30. The van der Waals surface area contributed by atoms with E-state index in [1.165, 1.54) is 0 Å². The van der Waals surface area contributed by atoms with Crippen LogP contribution < -0.4 is 10.1 Å². The van der Waals surface area contributed by atoms with Gasteiger partial charge in [0.25, 0.3) is 0 Å². The van der Waals surface area contributed by atoms with E-state index in [9.17, 15) is 9.90 Å². The second-order valence-corrected chi connectivity index (χ2v) is 7.40. The van der Waals surface area contributed by atoms with Gasteiger partial charge in [-0.15, -0.1) is 0 Å². The van der Waals surface area contributed by atoms with Gasteiger partial charge in [0, 0.05) is 31.6 Å². The number of benzene rings is 1. The van der Waals surface area contributed by atoms with Crippen molar-refractivity contribution in [2.75, 3.05) is 31.6 Å². The molecular formula is C21H25N3O4. The van der Waals surface area contributed by atoms with Gasteiger partial charge in [0.05, 0.1) is 18.8 Å². The molecule has 2 atom stereocenters. The highest BCUT2D eigenvalue weighted by Gasteiger charge is 2.46. The van der Waals surface area contributed by atoms with Gasteiger partial charge < -0.3 is 19.9 Å². The predicted molar refractivity (Wildman–Crippen MR) is 104 cm³/mol. The van der Waals surface area contributed by atoms with Crippen molar-refractivity contribution < 1.29 is 19.4 Å². The lowest BCUT2D eigenvalue weighted by molar-refractivity contribution is -0.137. The van der Waals surface area contributed by atoms with Gasteiger partial charge in [-0.25, -0.2) is 0 Å². The number of anilines is 1. The van der Waals surface area contributed by atoms with Crippen molar-refractivity contribution in [2.24, 2.45) is 0 Å². The Morgan fingerprint density at radius 3 is 2.89 bits per heavy atom. The summed E-state index contributed by atoms with van der Waals surface area (Å²) in [7, 11) is 0. The molecule has 3 heterocycles. The number of nitrogens with zero attached hydrogens (tertiary/aromatic N) is 2. The van der Waals surface area contributed by atoms with Gasteiger partial charge in [-0.05, 0) is 55.7 Å². The van der Waals surface area contributed by atoms with Crippen molar-refractivity contribution in [3.05, 3.63) is 48.8 Å². The van der Waals surface area contributed by atoms with Gasteiger partial charge in [0.1, 0.15) is 17.1 Å². The minimum absolute atomic E-state index is 0.0783. The average molecular weight is 383 g/mol. The summed E-state index contributed by atoms with van der Waals surface area (Å²) in [6.45, 7) is 2.26. The zero-order chi connectivity index (χ0) is 19.4. The molecule has 2 aromatic rings. The first kappa shape index (κ1) is 18.9. The van der Waals surface area contributed by atoms with Crippen molar-refractivity contribution in [2.45, 2.75) is 31.0 Å². The minimum atomic E-state index is -0.496. The molecule has 28 heavy (non-hydrogen) atoms. The first-order chi connectivity index (χ1) is 13.6. The number of piperidine rings is 1. The molecule has 7 heteroatoms. The van der Waals surface area contributed by atoms with Gasteiger partial charge in [-0.3, -0.25) is 14.7 Å². The number of amides is 1. The Hall–Kier alpha value is -2.48. The number of hydrogen-bond acceptors (Lipinski definition) is 6. The van der Waals surface area contributed by atoms with Crippen molar-refractivity contribution in [1.29, 1.82) is 0 Å². The lowest BCUT2D eigenvalue weighted by Crippen LogP contribution is -2.57. The molecule has 0 saturated carbocycles. The molecule has 148 valence electrons. The Labute approximate surface area is 164 Å². The average Bonchev–Trinajstić information content (AvgIpc) is 3.16. The van der Waals surface area contributed by atoms with Gasteiger partial charge in [0.2, 0.25) is 5.91 Å². The summed E-state index contributed by atoms with van der Waals surface area (Å²) < 4.78 is 11.5. The maximum Gasteiger partial charge on any atom is 0.238 e. The lowest BCUT2D eigenvalue weighted by atomic mass is 9.87. The van der Waals surface area contributed by atoms with Gasteiger partial charge in [-0.2, -0.15) is 0 Å². The number of nitrogens with one attached hydrogen (secondary N) is 1. The van der Waals surface area contributed by atoms with Crippen LogP contribution in [0.1, 0.15) is 19.3 Å². The quantitative estimate of drug-likeness (QED) is 0.825. The standard InChI is InChI=1S/C21H25N3O4/c25-19-8-11-24(15-21(19)9-2-12-27-21)14-20(26)23-16-4-6-17(7-5-16)28-18-3-1-10-22-13-18/h1,3-7,10,13,19,25H,2,8-9,11-12,14-15H2,(H,23,26)/t19-,21-/m0/s1. The number of aliphatic hydroxyl groups is 1. The van der Waals surface area contributed by atoms with Crippen molar-refractivity contribution in [3.63, 3.8) is 0 Å². The second-order valence-electron chi connectivity index (χ2n) is 7.40. The summed E-state index contributed by atoms with van der Waals surface area (Å²) in [5.41, 5.74) is 0.219. The normalized spacial score (nSPS) is 25.0. The Morgan fingerprint density at radius 2 is 2.18 bits per heavy atom. The number of ether oxygens (including phenoxy) is 2. The van der Waals surface area contributed by atoms with E-state index in [0.717, 1.165) is 12.8 Å². The molecule has 2 fully saturated rings. The number of pyridine rings is 1. The molecule has 0 bridgehead atoms. The number of carbonyl (C=O) groups excluding carboxylic acids is 1. The smallest absolute Gasteiger partial charge is 0.238 e. The van der Waals surface area contributed by atoms with Gasteiger partial charge >= 0.3 is 0 Å². The number of carbonyl (C=O) groups is 1. The summed E-state index contributed by atoms with van der Waals surface area (Å²) in [6.07, 6.45) is 5.34. The number of rotatable bonds is 5. The number of hydrogen-bond donors (Lipinski definition) is 2. The highest BCUT2D eigenvalue weighted by molar-refractivity contribution is 5.92. The summed E-state index contributed by atoms with van der Waals surface area (Å²) in [6, 6.07) is 10.9. The fraction of sp³-hybridized carbons (Fsp3) is 0.429. The molecule has 1 spiro atoms. The van der Waals surface area contributed by atoms with Crippen molar-refractivity contribution in [1.82, 2.24) is 9.88 Å². The maximum absolute atomic E-state index is 12.4. The summed E-state index contributed by atoms with van der Waals surface area (Å²) in [5, 5.41) is 13.2. The molecule has 2 N–H and O–H groups in total. The van der Waals surface area contributed by atoms with Crippen LogP contribution in [0.2, 0.25) is 0 Å². The first-order valence-corrected chi connectivity index (χ1v) is 9.65. The molecule has 4 rings (SSSR count). The van der Waals surface area contributed by atoms with E-state index in [2.05, 4.69) is 15.2 Å². The van der Waals surface area contributed by atoms with Crippen molar-refractivity contribution >= 4 is 11.6 Å². The Morgan fingerprint density at radius 1 is 1.32 bits per heavy atom. The topological polar surface area (TPSA) is 83.9 Å². The largest absolute Gasteiger partial charge is 0.456 e. The summed E-state index contributed by atoms with van der Waals surface area (Å²) in [5.74, 6) is 1.26. The van der Waals surface area contributed by atoms with E-state index < -0.39 is 11.7 Å². The van der Waals surface area contributed by atoms with E-state index in [0.29, 0.717) is 43.3 Å². The third kappa shape index (κ3) is 4.32. The van der Waals surface area contributed by atoms with Crippen LogP contribution in [0.15, 0.2) is 48.8 Å². The summed E-state index contributed by atoms with van der Waals surface area (Å²) >= 11 is 0. The van der Waals surface area contributed by atoms with Crippen LogP contribution in [0.3, 0.4) is 0 Å². The van der Waals surface area contributed by atoms with Crippen LogP contribution in [0.25, 0.3) is 0 Å². The number of likely N-dealkylation sites (tertiary alicyclic amines) is 1. The molecule has 2 aliphatic rings. The fourth-order valence-electron chi connectivity index (χ4n) is 3.93. The molecule has 2 saturated heterocycles. The van der Waals surface area contributed by atoms with Crippen LogP contribution in [-0.2, 0) is 9.53 Å². The molecule has 1 aromatic carbocycles. The Bertz CT molecular complexity index is 791. The Kier molecular flexibility index (Phi) is 5.57. The van der Waals surface area contributed by atoms with Crippen LogP contribution in [0, 0.1) is 0 Å². The zero-order valence-corrected chi connectivity index (χ0v) is 15.7. The zero-order valence-electron chi connectivity index (χ0n) is 15.7. The molecule has 1 aromatic heterocycles. The molecule has 0 aliphatic carbocycles. The van der Waals surface area contributed by atoms with Crippen LogP contribution in [-0.4, -0.2) is 58.8 Å². The molecule has 0 unspecified atom stereocenters. The molecule has 2 aliphatic heterocycles. The highest BCUT2D eigenvalue weighted by Crippen LogP contribution is 2.34. The van der Waals surface area contributed by atoms with E-state index in [4.69, 9.17) is 9.47 Å². The van der Waals surface area contributed by atoms with Gasteiger partial charge in [0.15, 0.2) is 0 Å². The molecular weight excluding hydrogens is 358 g/mol. The molecule has 0 radical (unpaired) electrons. The first-order valence-electron chi connectivity index (χ1n) is 9.65. The predicted octanol–water partition coefficient (Wildman–Crippen LogP) is 2.43. The van der Waals surface area contributed by atoms with E-state index in [1.54, 1.807) is 24.5 Å². The number of aliphatic hydroxyl groups excluding tert-OH is 1. The van der Waals surface area contributed by atoms with Crippen molar-refractivity contribution in [3.8, 4) is 11.5 Å².